The molecular weight excluding hydrogens is 571 g/mol. The van der Waals surface area contributed by atoms with Gasteiger partial charge >= 0.3 is 0 Å². The van der Waals surface area contributed by atoms with Crippen LogP contribution in [0.5, 0.6) is 0 Å². The molecule has 224 valence electrons. The van der Waals surface area contributed by atoms with Crippen LogP contribution in [0.25, 0.3) is 73.4 Å². The maximum Gasteiger partial charge on any atom is 0.160 e. The van der Waals surface area contributed by atoms with Gasteiger partial charge in [0.1, 0.15) is 0 Å². The van der Waals surface area contributed by atoms with Crippen LogP contribution in [0.15, 0.2) is 152 Å². The molecule has 47 heavy (non-hydrogen) atoms. The molecule has 8 rings (SSSR count). The smallest absolute Gasteiger partial charge is 0.160 e. The summed E-state index contributed by atoms with van der Waals surface area (Å²) in [7, 11) is 0. The molecule has 0 saturated heterocycles. The lowest BCUT2D eigenvalue weighted by molar-refractivity contribution is 0.986. The molecule has 0 spiro atoms. The molecule has 2 aromatic heterocycles. The lowest BCUT2D eigenvalue weighted by atomic mass is 9.88. The first-order valence-corrected chi connectivity index (χ1v) is 16.2. The molecule has 3 nitrogen and oxygen atoms in total. The Morgan fingerprint density at radius 3 is 1.81 bits per heavy atom. The third-order valence-electron chi connectivity index (χ3n) is 8.87. The van der Waals surface area contributed by atoms with Gasteiger partial charge in [-0.25, -0.2) is 9.97 Å². The van der Waals surface area contributed by atoms with E-state index >= 15 is 0 Å². The molecule has 0 N–H and O–H groups in total. The van der Waals surface area contributed by atoms with Gasteiger partial charge in [0.15, 0.2) is 5.82 Å². The van der Waals surface area contributed by atoms with Crippen molar-refractivity contribution < 1.29 is 0 Å². The van der Waals surface area contributed by atoms with E-state index in [1.165, 1.54) is 16.7 Å². The Morgan fingerprint density at radius 2 is 1.11 bits per heavy atom. The Kier molecular flexibility index (Phi) is 7.56. The van der Waals surface area contributed by atoms with Crippen molar-refractivity contribution in [2.45, 2.75) is 19.8 Å². The molecule has 3 heteroatoms. The van der Waals surface area contributed by atoms with E-state index in [-0.39, 0.29) is 0 Å². The highest BCUT2D eigenvalue weighted by atomic mass is 14.9. The molecule has 0 atom stereocenters. The van der Waals surface area contributed by atoms with Crippen molar-refractivity contribution in [2.24, 2.45) is 0 Å². The Morgan fingerprint density at radius 1 is 0.489 bits per heavy atom. The lowest BCUT2D eigenvalue weighted by Gasteiger charge is -2.17. The third-order valence-corrected chi connectivity index (χ3v) is 8.87. The number of fused-ring (bicyclic) bond motifs is 1. The van der Waals surface area contributed by atoms with E-state index in [0.717, 1.165) is 74.4 Å². The van der Waals surface area contributed by atoms with Crippen LogP contribution in [0.4, 0.5) is 0 Å². The van der Waals surface area contributed by atoms with Gasteiger partial charge in [-0.05, 0) is 95.1 Å². The van der Waals surface area contributed by atoms with E-state index < -0.39 is 0 Å². The third kappa shape index (κ3) is 5.92. The normalized spacial score (nSPS) is 12.1. The summed E-state index contributed by atoms with van der Waals surface area (Å²) in [5, 5.41) is 0. The van der Waals surface area contributed by atoms with Crippen molar-refractivity contribution in [1.29, 1.82) is 0 Å². The second-order valence-electron chi connectivity index (χ2n) is 12.1. The Hall–Kier alpha value is -5.93. The average molecular weight is 604 g/mol. The van der Waals surface area contributed by atoms with Gasteiger partial charge in [-0.15, -0.1) is 0 Å². The van der Waals surface area contributed by atoms with E-state index in [1.54, 1.807) is 0 Å². The minimum Gasteiger partial charge on any atom is -0.261 e. The molecule has 0 fully saturated rings. The first kappa shape index (κ1) is 28.5. The summed E-state index contributed by atoms with van der Waals surface area (Å²) in [4.78, 5) is 14.9. The summed E-state index contributed by atoms with van der Waals surface area (Å²) in [5.41, 5.74) is 15.5. The SMILES string of the molecule is Cc1ccc(-c2cccc(-c3cc(-c4nc(-c5ccccc5)cc(-c5ccccc5)n4)cc(-c4cccc5c4C=CCC5)c3)c2)cn1. The molecule has 2 heterocycles. The van der Waals surface area contributed by atoms with Crippen molar-refractivity contribution in [3.05, 3.63) is 169 Å². The fraction of sp³-hybridized carbons (Fsp3) is 0.0682. The predicted octanol–water partition coefficient (Wildman–Crippen LogP) is 11.1. The minimum atomic E-state index is 0.701. The standard InChI is InChI=1S/C44H33N3/c1-30-22-23-36(29-45-30)34-18-10-19-35(24-34)37-25-38(41-21-11-17-31-12-8-9-20-40(31)41)27-39(26-37)44-46-42(32-13-4-2-5-14-32)28-43(47-44)33-15-6-3-7-16-33/h2-7,9-11,13-29H,8,12H2,1H3. The fourth-order valence-electron chi connectivity index (χ4n) is 6.41. The lowest BCUT2D eigenvalue weighted by Crippen LogP contribution is -1.98. The number of aryl methyl sites for hydroxylation is 2. The predicted molar refractivity (Wildman–Crippen MR) is 195 cm³/mol. The van der Waals surface area contributed by atoms with Crippen molar-refractivity contribution in [1.82, 2.24) is 15.0 Å². The summed E-state index contributed by atoms with van der Waals surface area (Å²) in [6.45, 7) is 2.02. The number of hydrogen-bond acceptors (Lipinski definition) is 3. The van der Waals surface area contributed by atoms with Crippen LogP contribution in [0.3, 0.4) is 0 Å². The monoisotopic (exact) mass is 603 g/mol. The van der Waals surface area contributed by atoms with Gasteiger partial charge in [-0.1, -0.05) is 115 Å². The number of benzene rings is 5. The van der Waals surface area contributed by atoms with Crippen LogP contribution < -0.4 is 0 Å². The number of nitrogens with zero attached hydrogens (tertiary/aromatic N) is 3. The highest BCUT2D eigenvalue weighted by Crippen LogP contribution is 2.38. The average Bonchev–Trinajstić information content (AvgIpc) is 3.15. The molecule has 0 bridgehead atoms. The van der Waals surface area contributed by atoms with Gasteiger partial charge in [-0.3, -0.25) is 4.98 Å². The highest BCUT2D eigenvalue weighted by molar-refractivity contribution is 5.86. The summed E-state index contributed by atoms with van der Waals surface area (Å²) in [5.74, 6) is 0.701. The molecule has 5 aromatic carbocycles. The van der Waals surface area contributed by atoms with E-state index in [4.69, 9.17) is 9.97 Å². The maximum atomic E-state index is 5.20. The largest absolute Gasteiger partial charge is 0.261 e. The van der Waals surface area contributed by atoms with E-state index in [1.807, 2.05) is 25.3 Å². The van der Waals surface area contributed by atoms with Crippen molar-refractivity contribution >= 4 is 6.08 Å². The summed E-state index contributed by atoms with van der Waals surface area (Å²) in [6.07, 6.45) is 8.65. The van der Waals surface area contributed by atoms with Gasteiger partial charge in [0.05, 0.1) is 11.4 Å². The number of pyridine rings is 1. The van der Waals surface area contributed by atoms with Crippen molar-refractivity contribution in [3.63, 3.8) is 0 Å². The number of aromatic nitrogens is 3. The Labute approximate surface area is 276 Å². The van der Waals surface area contributed by atoms with Gasteiger partial charge in [0.2, 0.25) is 0 Å². The molecule has 1 aliphatic carbocycles. The Bertz CT molecular complexity index is 2180. The first-order chi connectivity index (χ1) is 23.2. The highest BCUT2D eigenvalue weighted by Gasteiger charge is 2.16. The van der Waals surface area contributed by atoms with Crippen LogP contribution in [0.1, 0.15) is 23.2 Å². The second kappa shape index (κ2) is 12.5. The summed E-state index contributed by atoms with van der Waals surface area (Å²) < 4.78 is 0. The quantitative estimate of drug-likeness (QED) is 0.190. The van der Waals surface area contributed by atoms with Gasteiger partial charge in [0.25, 0.3) is 0 Å². The van der Waals surface area contributed by atoms with E-state index in [2.05, 4.69) is 145 Å². The van der Waals surface area contributed by atoms with Crippen LogP contribution in [0, 0.1) is 6.92 Å². The van der Waals surface area contributed by atoms with Crippen LogP contribution >= 0.6 is 0 Å². The molecule has 0 amide bonds. The number of allylic oxidation sites excluding steroid dienone is 1. The van der Waals surface area contributed by atoms with E-state index in [0.29, 0.717) is 5.82 Å². The molecular formula is C44H33N3. The molecule has 7 aromatic rings. The summed E-state index contributed by atoms with van der Waals surface area (Å²) >= 11 is 0. The number of hydrogen-bond donors (Lipinski definition) is 0. The zero-order valence-corrected chi connectivity index (χ0v) is 26.3. The molecule has 0 unspecified atom stereocenters. The fourth-order valence-corrected chi connectivity index (χ4v) is 6.41. The minimum absolute atomic E-state index is 0.701. The van der Waals surface area contributed by atoms with E-state index in [9.17, 15) is 0 Å². The van der Waals surface area contributed by atoms with Crippen LogP contribution in [-0.4, -0.2) is 15.0 Å². The Balaban J connectivity index is 1.35. The first-order valence-electron chi connectivity index (χ1n) is 16.2. The van der Waals surface area contributed by atoms with Crippen LogP contribution in [-0.2, 0) is 6.42 Å². The molecule has 0 saturated carbocycles. The topological polar surface area (TPSA) is 38.7 Å². The maximum absolute atomic E-state index is 5.20. The van der Waals surface area contributed by atoms with Crippen molar-refractivity contribution in [2.75, 3.05) is 0 Å². The van der Waals surface area contributed by atoms with Gasteiger partial charge in [-0.2, -0.15) is 0 Å². The zero-order chi connectivity index (χ0) is 31.6. The molecule has 0 aliphatic heterocycles. The summed E-state index contributed by atoms with van der Waals surface area (Å²) in [6, 6.07) is 49.2. The van der Waals surface area contributed by atoms with Crippen LogP contribution in [0.2, 0.25) is 0 Å². The van der Waals surface area contributed by atoms with Gasteiger partial charge < -0.3 is 0 Å². The molecule has 1 aliphatic rings. The van der Waals surface area contributed by atoms with Crippen molar-refractivity contribution in [3.8, 4) is 67.3 Å². The zero-order valence-electron chi connectivity index (χ0n) is 26.3. The number of rotatable bonds is 6. The second-order valence-corrected chi connectivity index (χ2v) is 12.1. The molecule has 0 radical (unpaired) electrons. The van der Waals surface area contributed by atoms with Gasteiger partial charge in [0, 0.05) is 34.1 Å².